The Labute approximate surface area is 194 Å². The van der Waals surface area contributed by atoms with Crippen molar-refractivity contribution in [2.75, 3.05) is 5.73 Å². The number of benzene rings is 3. The standard InChI is InChI=1S/C23H16Cl3N3O2/c24-15-4-1-13(2-5-15)19-11-28-23(27)29-22(19)18-8-7-17(10-21(18)30)31-12-14-3-6-16(25)9-20(14)26/h1-11,30H,12H2,(H2,27,28,29). The van der Waals surface area contributed by atoms with Crippen LogP contribution in [0.5, 0.6) is 11.5 Å². The molecular formula is C23H16Cl3N3O2. The van der Waals surface area contributed by atoms with Gasteiger partial charge < -0.3 is 15.6 Å². The molecule has 0 saturated heterocycles. The van der Waals surface area contributed by atoms with E-state index in [-0.39, 0.29) is 18.3 Å². The Kier molecular flexibility index (Phi) is 6.18. The molecule has 1 heterocycles. The van der Waals surface area contributed by atoms with Crippen molar-refractivity contribution >= 4 is 40.8 Å². The number of aromatic hydroxyl groups is 1. The second-order valence-corrected chi connectivity index (χ2v) is 7.98. The highest BCUT2D eigenvalue weighted by Crippen LogP contribution is 2.37. The van der Waals surface area contributed by atoms with Crippen molar-refractivity contribution in [2.45, 2.75) is 6.61 Å². The summed E-state index contributed by atoms with van der Waals surface area (Å²) in [6.07, 6.45) is 1.62. The van der Waals surface area contributed by atoms with Crippen molar-refractivity contribution in [3.05, 3.63) is 87.5 Å². The fourth-order valence-electron chi connectivity index (χ4n) is 3.04. The van der Waals surface area contributed by atoms with Gasteiger partial charge in [0.15, 0.2) is 0 Å². The van der Waals surface area contributed by atoms with E-state index in [4.69, 9.17) is 45.3 Å². The maximum Gasteiger partial charge on any atom is 0.220 e. The van der Waals surface area contributed by atoms with Crippen LogP contribution in [0.4, 0.5) is 5.95 Å². The number of nitrogens with two attached hydrogens (primary N) is 1. The van der Waals surface area contributed by atoms with Crippen LogP contribution in [-0.2, 0) is 6.61 Å². The second-order valence-electron chi connectivity index (χ2n) is 6.70. The van der Waals surface area contributed by atoms with Gasteiger partial charge >= 0.3 is 0 Å². The van der Waals surface area contributed by atoms with E-state index < -0.39 is 0 Å². The summed E-state index contributed by atoms with van der Waals surface area (Å²) in [6, 6.07) is 17.4. The van der Waals surface area contributed by atoms with Gasteiger partial charge in [0.05, 0.1) is 5.69 Å². The van der Waals surface area contributed by atoms with Gasteiger partial charge in [0.2, 0.25) is 5.95 Å². The van der Waals surface area contributed by atoms with Crippen LogP contribution >= 0.6 is 34.8 Å². The molecule has 0 unspecified atom stereocenters. The van der Waals surface area contributed by atoms with Crippen LogP contribution in [0.3, 0.4) is 0 Å². The summed E-state index contributed by atoms with van der Waals surface area (Å²) < 4.78 is 5.78. The van der Waals surface area contributed by atoms with Gasteiger partial charge in [-0.3, -0.25) is 0 Å². The zero-order valence-corrected chi connectivity index (χ0v) is 18.3. The number of anilines is 1. The number of aromatic nitrogens is 2. The molecule has 5 nitrogen and oxygen atoms in total. The molecule has 4 rings (SSSR count). The zero-order chi connectivity index (χ0) is 22.0. The van der Waals surface area contributed by atoms with Crippen molar-refractivity contribution in [1.29, 1.82) is 0 Å². The fraction of sp³-hybridized carbons (Fsp3) is 0.0435. The van der Waals surface area contributed by atoms with Gasteiger partial charge in [-0.15, -0.1) is 0 Å². The minimum atomic E-state index is -0.00647. The van der Waals surface area contributed by atoms with Crippen molar-refractivity contribution < 1.29 is 9.84 Å². The molecular weight excluding hydrogens is 457 g/mol. The minimum Gasteiger partial charge on any atom is -0.507 e. The maximum atomic E-state index is 10.7. The first-order chi connectivity index (χ1) is 14.9. The molecule has 0 aliphatic rings. The summed E-state index contributed by atoms with van der Waals surface area (Å²) in [5, 5.41) is 12.4. The van der Waals surface area contributed by atoms with Crippen LogP contribution in [0.2, 0.25) is 15.1 Å². The number of nitrogen functional groups attached to an aromatic ring is 1. The van der Waals surface area contributed by atoms with Crippen molar-refractivity contribution in [3.8, 4) is 33.9 Å². The van der Waals surface area contributed by atoms with Crippen LogP contribution in [0, 0.1) is 0 Å². The largest absolute Gasteiger partial charge is 0.507 e. The van der Waals surface area contributed by atoms with E-state index in [0.29, 0.717) is 37.6 Å². The minimum absolute atomic E-state index is 0.00647. The molecule has 1 aromatic heterocycles. The lowest BCUT2D eigenvalue weighted by molar-refractivity contribution is 0.304. The predicted molar refractivity (Wildman–Crippen MR) is 125 cm³/mol. The van der Waals surface area contributed by atoms with Gasteiger partial charge in [0.1, 0.15) is 18.1 Å². The first-order valence-corrected chi connectivity index (χ1v) is 10.3. The van der Waals surface area contributed by atoms with Crippen LogP contribution < -0.4 is 10.5 Å². The molecule has 0 aliphatic heterocycles. The first kappa shape index (κ1) is 21.2. The highest BCUT2D eigenvalue weighted by Gasteiger charge is 2.15. The summed E-state index contributed by atoms with van der Waals surface area (Å²) in [6.45, 7) is 0.227. The zero-order valence-electron chi connectivity index (χ0n) is 16.0. The van der Waals surface area contributed by atoms with E-state index in [0.717, 1.165) is 11.1 Å². The molecule has 0 saturated carbocycles. The SMILES string of the molecule is Nc1ncc(-c2ccc(Cl)cc2)c(-c2ccc(OCc3ccc(Cl)cc3Cl)cc2O)n1. The van der Waals surface area contributed by atoms with Gasteiger partial charge in [-0.1, -0.05) is 53.0 Å². The van der Waals surface area contributed by atoms with Gasteiger partial charge in [0.25, 0.3) is 0 Å². The molecule has 31 heavy (non-hydrogen) atoms. The first-order valence-electron chi connectivity index (χ1n) is 9.19. The molecule has 0 radical (unpaired) electrons. The third kappa shape index (κ3) is 4.85. The summed E-state index contributed by atoms with van der Waals surface area (Å²) in [5.41, 5.74) is 9.14. The third-order valence-corrected chi connectivity index (χ3v) is 5.44. The van der Waals surface area contributed by atoms with E-state index in [1.54, 1.807) is 48.7 Å². The number of hydrogen-bond acceptors (Lipinski definition) is 5. The molecule has 156 valence electrons. The number of halogens is 3. The third-order valence-electron chi connectivity index (χ3n) is 4.60. The lowest BCUT2D eigenvalue weighted by Gasteiger charge is -2.13. The van der Waals surface area contributed by atoms with Crippen molar-refractivity contribution in [1.82, 2.24) is 9.97 Å². The Morgan fingerprint density at radius 2 is 1.61 bits per heavy atom. The number of phenols is 1. The Bertz CT molecular complexity index is 1250. The highest BCUT2D eigenvalue weighted by molar-refractivity contribution is 6.35. The molecule has 8 heteroatoms. The molecule has 0 atom stereocenters. The molecule has 4 aromatic rings. The predicted octanol–water partition coefficient (Wildman–Crippen LogP) is 6.64. The summed E-state index contributed by atoms with van der Waals surface area (Å²) in [4.78, 5) is 8.44. The summed E-state index contributed by atoms with van der Waals surface area (Å²) >= 11 is 18.1. The quantitative estimate of drug-likeness (QED) is 0.340. The van der Waals surface area contributed by atoms with Crippen LogP contribution in [-0.4, -0.2) is 15.1 Å². The second kappa shape index (κ2) is 9.02. The smallest absolute Gasteiger partial charge is 0.220 e. The van der Waals surface area contributed by atoms with Crippen LogP contribution in [0.1, 0.15) is 5.56 Å². The molecule has 0 amide bonds. The average molecular weight is 473 g/mol. The number of nitrogens with zero attached hydrogens (tertiary/aromatic N) is 2. The topological polar surface area (TPSA) is 81.3 Å². The average Bonchev–Trinajstić information content (AvgIpc) is 2.74. The Morgan fingerprint density at radius 3 is 2.32 bits per heavy atom. The van der Waals surface area contributed by atoms with E-state index in [1.807, 2.05) is 12.1 Å². The van der Waals surface area contributed by atoms with Crippen molar-refractivity contribution in [2.24, 2.45) is 0 Å². The normalized spacial score (nSPS) is 10.8. The van der Waals surface area contributed by atoms with Gasteiger partial charge in [-0.2, -0.15) is 0 Å². The number of phenolic OH excluding ortho intramolecular Hbond substituents is 1. The maximum absolute atomic E-state index is 10.7. The van der Waals surface area contributed by atoms with Gasteiger partial charge in [0, 0.05) is 44.0 Å². The monoisotopic (exact) mass is 471 g/mol. The molecule has 3 aromatic carbocycles. The van der Waals surface area contributed by atoms with Gasteiger partial charge in [-0.25, -0.2) is 9.97 Å². The molecule has 0 spiro atoms. The van der Waals surface area contributed by atoms with E-state index in [2.05, 4.69) is 9.97 Å². The highest BCUT2D eigenvalue weighted by atomic mass is 35.5. The summed E-state index contributed by atoms with van der Waals surface area (Å²) in [5.74, 6) is 0.570. The van der Waals surface area contributed by atoms with E-state index in [1.165, 1.54) is 6.07 Å². The van der Waals surface area contributed by atoms with Gasteiger partial charge in [-0.05, 0) is 42.0 Å². The lowest BCUT2D eigenvalue weighted by Crippen LogP contribution is -1.99. The Hall–Kier alpha value is -2.99. The van der Waals surface area contributed by atoms with Crippen molar-refractivity contribution in [3.63, 3.8) is 0 Å². The lowest BCUT2D eigenvalue weighted by atomic mass is 10.00. The Balaban J connectivity index is 1.64. The molecule has 0 fully saturated rings. The molecule has 3 N–H and O–H groups in total. The number of hydrogen-bond donors (Lipinski definition) is 2. The van der Waals surface area contributed by atoms with Crippen LogP contribution in [0.25, 0.3) is 22.4 Å². The number of rotatable bonds is 5. The van der Waals surface area contributed by atoms with Crippen LogP contribution in [0.15, 0.2) is 66.9 Å². The Morgan fingerprint density at radius 1 is 0.871 bits per heavy atom. The molecule has 0 aliphatic carbocycles. The molecule has 0 bridgehead atoms. The van der Waals surface area contributed by atoms with E-state index >= 15 is 0 Å². The fourth-order valence-corrected chi connectivity index (χ4v) is 3.63. The summed E-state index contributed by atoms with van der Waals surface area (Å²) in [7, 11) is 0. The van der Waals surface area contributed by atoms with E-state index in [9.17, 15) is 5.11 Å². The number of ether oxygens (including phenoxy) is 1.